The quantitative estimate of drug-likeness (QED) is 0.525. The van der Waals surface area contributed by atoms with E-state index in [1.807, 2.05) is 6.07 Å². The number of aromatic hydroxyl groups is 1. The maximum absolute atomic E-state index is 9.70. The molecule has 0 saturated heterocycles. The van der Waals surface area contributed by atoms with E-state index in [1.165, 1.54) is 12.3 Å². The van der Waals surface area contributed by atoms with Crippen LogP contribution >= 0.6 is 0 Å². The zero-order valence-corrected chi connectivity index (χ0v) is 10.7. The van der Waals surface area contributed by atoms with Gasteiger partial charge in [-0.05, 0) is 30.7 Å². The van der Waals surface area contributed by atoms with Gasteiger partial charge >= 0.3 is 0 Å². The summed E-state index contributed by atoms with van der Waals surface area (Å²) in [7, 11) is 0. The van der Waals surface area contributed by atoms with Gasteiger partial charge in [0.1, 0.15) is 23.0 Å². The van der Waals surface area contributed by atoms with Crippen LogP contribution in [0.2, 0.25) is 0 Å². The van der Waals surface area contributed by atoms with Gasteiger partial charge in [0, 0.05) is 17.6 Å². The molecule has 5 nitrogen and oxygen atoms in total. The van der Waals surface area contributed by atoms with Crippen LogP contribution in [0.4, 0.5) is 0 Å². The molecule has 0 atom stereocenters. The first-order valence-corrected chi connectivity index (χ1v) is 6.05. The third-order valence-electron chi connectivity index (χ3n) is 3.15. The fourth-order valence-electron chi connectivity index (χ4n) is 2.09. The summed E-state index contributed by atoms with van der Waals surface area (Å²) in [5, 5.41) is 23.4. The van der Waals surface area contributed by atoms with Crippen molar-refractivity contribution in [2.75, 3.05) is 0 Å². The molecule has 2 aromatic heterocycles. The average molecular weight is 268 g/mol. The van der Waals surface area contributed by atoms with Gasteiger partial charge in [-0.25, -0.2) is 0 Å². The van der Waals surface area contributed by atoms with Crippen LogP contribution in [0, 0.1) is 6.92 Å². The molecule has 0 radical (unpaired) electrons. The van der Waals surface area contributed by atoms with Gasteiger partial charge in [0.05, 0.1) is 11.3 Å². The molecule has 100 valence electrons. The van der Waals surface area contributed by atoms with Crippen LogP contribution in [0.5, 0.6) is 5.75 Å². The minimum absolute atomic E-state index is 0.135. The molecule has 0 fully saturated rings. The molecular formula is C15H12N2O3. The zero-order chi connectivity index (χ0) is 14.1. The Hall–Kier alpha value is -2.82. The monoisotopic (exact) mass is 268 g/mol. The number of hydrogen-bond donors (Lipinski definition) is 2. The molecule has 1 aromatic carbocycles. The largest absolute Gasteiger partial charge is 0.508 e. The topological polar surface area (TPSA) is 78.9 Å². The van der Waals surface area contributed by atoms with Crippen molar-refractivity contribution in [3.8, 4) is 17.0 Å². The predicted molar refractivity (Wildman–Crippen MR) is 73.2 cm³/mol. The molecule has 2 heterocycles. The fraction of sp³-hybridized carbons (Fsp3) is 0.0667. The van der Waals surface area contributed by atoms with E-state index in [1.54, 1.807) is 31.3 Å². The fourth-order valence-corrected chi connectivity index (χ4v) is 2.09. The van der Waals surface area contributed by atoms with Gasteiger partial charge in [-0.2, -0.15) is 0 Å². The summed E-state index contributed by atoms with van der Waals surface area (Å²) in [5.74, 6) is 0.135. The molecule has 0 aliphatic rings. The van der Waals surface area contributed by atoms with E-state index in [-0.39, 0.29) is 5.75 Å². The summed E-state index contributed by atoms with van der Waals surface area (Å²) in [6, 6.07) is 8.67. The molecule has 0 bridgehead atoms. The Labute approximate surface area is 114 Å². The van der Waals surface area contributed by atoms with Crippen molar-refractivity contribution < 1.29 is 14.7 Å². The number of phenolic OH excluding ortho intramolecular Hbond substituents is 1. The molecule has 0 unspecified atom stereocenters. The van der Waals surface area contributed by atoms with Crippen LogP contribution in [0.3, 0.4) is 0 Å². The van der Waals surface area contributed by atoms with E-state index in [0.29, 0.717) is 33.1 Å². The lowest BCUT2D eigenvalue weighted by Gasteiger charge is -2.06. The van der Waals surface area contributed by atoms with Crippen LogP contribution in [-0.4, -0.2) is 15.3 Å². The number of rotatable bonds is 1. The van der Waals surface area contributed by atoms with Crippen LogP contribution in [-0.2, 0) is 0 Å². The van der Waals surface area contributed by atoms with Crippen LogP contribution in [0.25, 0.3) is 22.2 Å². The zero-order valence-electron chi connectivity index (χ0n) is 10.7. The molecule has 0 amide bonds. The molecule has 20 heavy (non-hydrogen) atoms. The molecule has 0 aliphatic heterocycles. The Morgan fingerprint density at radius 2 is 2.10 bits per heavy atom. The number of fused-ring (bicyclic) bond motifs is 1. The Bertz CT molecular complexity index is 839. The number of pyridine rings is 1. The maximum atomic E-state index is 9.70. The lowest BCUT2D eigenvalue weighted by molar-refractivity contribution is 0.302. The van der Waals surface area contributed by atoms with E-state index in [0.717, 1.165) is 0 Å². The van der Waals surface area contributed by atoms with Crippen LogP contribution < -0.4 is 5.36 Å². The predicted octanol–water partition coefficient (Wildman–Crippen LogP) is 2.80. The minimum atomic E-state index is 0.135. The number of phenols is 1. The van der Waals surface area contributed by atoms with Gasteiger partial charge in [-0.15, -0.1) is 0 Å². The summed E-state index contributed by atoms with van der Waals surface area (Å²) < 4.78 is 5.50. The normalized spacial score (nSPS) is 11.9. The Morgan fingerprint density at radius 3 is 2.80 bits per heavy atom. The molecule has 0 spiro atoms. The van der Waals surface area contributed by atoms with Crippen molar-refractivity contribution in [2.45, 2.75) is 6.92 Å². The molecule has 3 rings (SSSR count). The van der Waals surface area contributed by atoms with Gasteiger partial charge in [-0.3, -0.25) is 4.98 Å². The van der Waals surface area contributed by atoms with Crippen molar-refractivity contribution >= 4 is 11.0 Å². The number of hydrogen-bond acceptors (Lipinski definition) is 5. The van der Waals surface area contributed by atoms with E-state index in [2.05, 4.69) is 10.1 Å². The SMILES string of the molecule is Cc1cc2c(=NO)c(-c3ccccn3)coc2cc1O. The summed E-state index contributed by atoms with van der Waals surface area (Å²) in [6.07, 6.45) is 3.12. The van der Waals surface area contributed by atoms with E-state index in [4.69, 9.17) is 4.42 Å². The molecule has 0 aliphatic carbocycles. The lowest BCUT2D eigenvalue weighted by Crippen LogP contribution is -2.08. The molecular weight excluding hydrogens is 256 g/mol. The van der Waals surface area contributed by atoms with Crippen molar-refractivity contribution in [3.63, 3.8) is 0 Å². The van der Waals surface area contributed by atoms with Crippen LogP contribution in [0.1, 0.15) is 5.56 Å². The third kappa shape index (κ3) is 1.89. The van der Waals surface area contributed by atoms with Crippen molar-refractivity contribution in [1.82, 2.24) is 4.98 Å². The average Bonchev–Trinajstić information content (AvgIpc) is 2.48. The minimum Gasteiger partial charge on any atom is -0.508 e. The molecule has 3 aromatic rings. The maximum Gasteiger partial charge on any atom is 0.139 e. The standard InChI is InChI=1S/C15H12N2O3/c1-9-6-10-14(7-13(9)18)20-8-11(15(10)17-19)12-4-2-3-5-16-12/h2-8,18-19H,1H3. The Kier molecular flexibility index (Phi) is 2.87. The molecule has 2 N–H and O–H groups in total. The first kappa shape index (κ1) is 12.2. The number of benzene rings is 1. The van der Waals surface area contributed by atoms with E-state index in [9.17, 15) is 10.3 Å². The Balaban J connectivity index is 2.39. The highest BCUT2D eigenvalue weighted by molar-refractivity contribution is 5.82. The smallest absolute Gasteiger partial charge is 0.139 e. The van der Waals surface area contributed by atoms with Gasteiger partial charge in [0.25, 0.3) is 0 Å². The third-order valence-corrected chi connectivity index (χ3v) is 3.15. The first-order chi connectivity index (χ1) is 9.70. The van der Waals surface area contributed by atoms with Crippen LogP contribution in [0.15, 0.2) is 52.4 Å². The summed E-state index contributed by atoms with van der Waals surface area (Å²) in [6.45, 7) is 1.77. The highest BCUT2D eigenvalue weighted by Crippen LogP contribution is 2.24. The summed E-state index contributed by atoms with van der Waals surface area (Å²) in [5.41, 5.74) is 2.36. The van der Waals surface area contributed by atoms with Crippen molar-refractivity contribution in [3.05, 3.63) is 53.7 Å². The van der Waals surface area contributed by atoms with Crippen molar-refractivity contribution in [2.24, 2.45) is 5.16 Å². The lowest BCUT2D eigenvalue weighted by atomic mass is 10.1. The number of aryl methyl sites for hydroxylation is 1. The second kappa shape index (κ2) is 4.70. The highest BCUT2D eigenvalue weighted by atomic mass is 16.4. The highest BCUT2D eigenvalue weighted by Gasteiger charge is 2.10. The number of aromatic nitrogens is 1. The van der Waals surface area contributed by atoms with E-state index < -0.39 is 0 Å². The van der Waals surface area contributed by atoms with Gasteiger partial charge in [0.15, 0.2) is 0 Å². The number of nitrogens with zero attached hydrogens (tertiary/aromatic N) is 2. The second-order valence-electron chi connectivity index (χ2n) is 4.45. The van der Waals surface area contributed by atoms with Crippen molar-refractivity contribution in [1.29, 1.82) is 0 Å². The second-order valence-corrected chi connectivity index (χ2v) is 4.45. The van der Waals surface area contributed by atoms with Gasteiger partial charge < -0.3 is 14.7 Å². The Morgan fingerprint density at radius 1 is 1.25 bits per heavy atom. The summed E-state index contributed by atoms with van der Waals surface area (Å²) >= 11 is 0. The van der Waals surface area contributed by atoms with E-state index >= 15 is 0 Å². The van der Waals surface area contributed by atoms with Gasteiger partial charge in [-0.1, -0.05) is 11.2 Å². The summed E-state index contributed by atoms with van der Waals surface area (Å²) in [4.78, 5) is 4.22. The molecule has 0 saturated carbocycles. The first-order valence-electron chi connectivity index (χ1n) is 6.05. The molecule has 5 heteroatoms. The van der Waals surface area contributed by atoms with Gasteiger partial charge in [0.2, 0.25) is 0 Å².